The van der Waals surface area contributed by atoms with E-state index in [1.165, 1.54) is 17.0 Å². The molecule has 0 spiro atoms. The van der Waals surface area contributed by atoms with Crippen molar-refractivity contribution in [1.82, 2.24) is 4.90 Å². The standard InChI is InChI=1S/C12H17FN2O2/c1-15(6-3-7-17-2)12(16)9-4-5-11(14)10(13)8-9/h4-5,8H,3,6-7,14H2,1-2H3. The molecule has 0 atom stereocenters. The average molecular weight is 240 g/mol. The number of carbonyl (C=O) groups is 1. The summed E-state index contributed by atoms with van der Waals surface area (Å²) in [4.78, 5) is 13.4. The molecular formula is C12H17FN2O2. The molecule has 2 N–H and O–H groups in total. The first-order chi connectivity index (χ1) is 8.06. The highest BCUT2D eigenvalue weighted by atomic mass is 19.1. The summed E-state index contributed by atoms with van der Waals surface area (Å²) in [6.07, 6.45) is 0.746. The number of halogens is 1. The van der Waals surface area contributed by atoms with E-state index in [4.69, 9.17) is 10.5 Å². The number of benzene rings is 1. The highest BCUT2D eigenvalue weighted by Gasteiger charge is 2.12. The number of ether oxygens (including phenoxy) is 1. The number of hydrogen-bond acceptors (Lipinski definition) is 3. The molecule has 0 radical (unpaired) electrons. The fourth-order valence-corrected chi connectivity index (χ4v) is 1.43. The third-order valence-corrected chi connectivity index (χ3v) is 2.44. The lowest BCUT2D eigenvalue weighted by atomic mass is 10.1. The molecule has 0 unspecified atom stereocenters. The summed E-state index contributed by atoms with van der Waals surface area (Å²) >= 11 is 0. The van der Waals surface area contributed by atoms with Crippen LogP contribution in [0.15, 0.2) is 18.2 Å². The molecule has 1 rings (SSSR count). The van der Waals surface area contributed by atoms with Crippen LogP contribution in [-0.2, 0) is 4.74 Å². The summed E-state index contributed by atoms with van der Waals surface area (Å²) in [7, 11) is 3.28. The first-order valence-electron chi connectivity index (χ1n) is 5.35. The Hall–Kier alpha value is -1.62. The van der Waals surface area contributed by atoms with Gasteiger partial charge in [0.25, 0.3) is 5.91 Å². The summed E-state index contributed by atoms with van der Waals surface area (Å²) in [6.45, 7) is 1.16. The van der Waals surface area contributed by atoms with Gasteiger partial charge in [-0.2, -0.15) is 0 Å². The largest absolute Gasteiger partial charge is 0.396 e. The monoisotopic (exact) mass is 240 g/mol. The van der Waals surface area contributed by atoms with E-state index < -0.39 is 5.82 Å². The van der Waals surface area contributed by atoms with Gasteiger partial charge in [0.05, 0.1) is 5.69 Å². The number of rotatable bonds is 5. The van der Waals surface area contributed by atoms with Crippen LogP contribution in [0.5, 0.6) is 0 Å². The van der Waals surface area contributed by atoms with Crippen LogP contribution in [0.4, 0.5) is 10.1 Å². The number of anilines is 1. The minimum absolute atomic E-state index is 0.0450. The minimum atomic E-state index is -0.568. The zero-order chi connectivity index (χ0) is 12.8. The Kier molecular flexibility index (Phi) is 4.90. The van der Waals surface area contributed by atoms with E-state index in [-0.39, 0.29) is 11.6 Å². The summed E-state index contributed by atoms with van der Waals surface area (Å²) < 4.78 is 18.1. The molecular weight excluding hydrogens is 223 g/mol. The summed E-state index contributed by atoms with van der Waals surface area (Å²) in [6, 6.07) is 4.07. The second kappa shape index (κ2) is 6.20. The van der Waals surface area contributed by atoms with Gasteiger partial charge in [-0.15, -0.1) is 0 Å². The Labute approximate surface area is 100 Å². The molecule has 0 heterocycles. The maximum absolute atomic E-state index is 13.2. The minimum Gasteiger partial charge on any atom is -0.396 e. The van der Waals surface area contributed by atoms with Gasteiger partial charge in [0.1, 0.15) is 5.82 Å². The normalized spacial score (nSPS) is 10.3. The van der Waals surface area contributed by atoms with Crippen LogP contribution < -0.4 is 5.73 Å². The van der Waals surface area contributed by atoms with Crippen molar-refractivity contribution in [2.45, 2.75) is 6.42 Å². The van der Waals surface area contributed by atoms with E-state index in [0.717, 1.165) is 12.5 Å². The van der Waals surface area contributed by atoms with Crippen molar-refractivity contribution in [3.63, 3.8) is 0 Å². The fraction of sp³-hybridized carbons (Fsp3) is 0.417. The van der Waals surface area contributed by atoms with Crippen molar-refractivity contribution >= 4 is 11.6 Å². The molecule has 0 aliphatic rings. The second-order valence-corrected chi connectivity index (χ2v) is 3.81. The van der Waals surface area contributed by atoms with E-state index >= 15 is 0 Å². The maximum atomic E-state index is 13.2. The molecule has 0 fully saturated rings. The van der Waals surface area contributed by atoms with Crippen LogP contribution in [-0.4, -0.2) is 38.1 Å². The Morgan fingerprint density at radius 2 is 2.24 bits per heavy atom. The molecule has 0 saturated carbocycles. The van der Waals surface area contributed by atoms with Crippen molar-refractivity contribution in [3.05, 3.63) is 29.6 Å². The number of nitrogen functional groups attached to an aromatic ring is 1. The lowest BCUT2D eigenvalue weighted by Gasteiger charge is -2.17. The van der Waals surface area contributed by atoms with Crippen LogP contribution in [0.3, 0.4) is 0 Å². The molecule has 0 bridgehead atoms. The lowest BCUT2D eigenvalue weighted by molar-refractivity contribution is 0.0779. The number of carbonyl (C=O) groups excluding carboxylic acids is 1. The predicted octanol–water partition coefficient (Wildman–Crippen LogP) is 1.52. The Bertz CT molecular complexity index is 396. The molecule has 1 aromatic rings. The number of hydrogen-bond donors (Lipinski definition) is 1. The molecule has 94 valence electrons. The first-order valence-corrected chi connectivity index (χ1v) is 5.35. The number of nitrogens with two attached hydrogens (primary N) is 1. The fourth-order valence-electron chi connectivity index (χ4n) is 1.43. The molecule has 0 aliphatic carbocycles. The van der Waals surface area contributed by atoms with Gasteiger partial charge < -0.3 is 15.4 Å². The number of methoxy groups -OCH3 is 1. The second-order valence-electron chi connectivity index (χ2n) is 3.81. The first kappa shape index (κ1) is 13.4. The van der Waals surface area contributed by atoms with Gasteiger partial charge in [-0.25, -0.2) is 4.39 Å². The van der Waals surface area contributed by atoms with Crippen LogP contribution >= 0.6 is 0 Å². The molecule has 4 nitrogen and oxygen atoms in total. The highest BCUT2D eigenvalue weighted by Crippen LogP contribution is 2.13. The quantitative estimate of drug-likeness (QED) is 0.627. The third kappa shape index (κ3) is 3.71. The van der Waals surface area contributed by atoms with Gasteiger partial charge in [-0.05, 0) is 24.6 Å². The van der Waals surface area contributed by atoms with Crippen molar-refractivity contribution in [2.24, 2.45) is 0 Å². The molecule has 1 amide bonds. The van der Waals surface area contributed by atoms with Gasteiger partial charge in [-0.3, -0.25) is 4.79 Å². The molecule has 17 heavy (non-hydrogen) atoms. The van der Waals surface area contributed by atoms with Gasteiger partial charge in [0.2, 0.25) is 0 Å². The molecule has 5 heteroatoms. The number of nitrogens with zero attached hydrogens (tertiary/aromatic N) is 1. The highest BCUT2D eigenvalue weighted by molar-refractivity contribution is 5.94. The average Bonchev–Trinajstić information content (AvgIpc) is 2.32. The van der Waals surface area contributed by atoms with E-state index in [2.05, 4.69) is 0 Å². The van der Waals surface area contributed by atoms with Crippen LogP contribution in [0.2, 0.25) is 0 Å². The van der Waals surface area contributed by atoms with Gasteiger partial charge >= 0.3 is 0 Å². The van der Waals surface area contributed by atoms with Crippen molar-refractivity contribution < 1.29 is 13.9 Å². The van der Waals surface area contributed by atoms with Gasteiger partial charge in [0.15, 0.2) is 0 Å². The van der Waals surface area contributed by atoms with Crippen LogP contribution in [0, 0.1) is 5.82 Å². The van der Waals surface area contributed by atoms with E-state index in [0.29, 0.717) is 18.7 Å². The summed E-state index contributed by atoms with van der Waals surface area (Å²) in [5.74, 6) is -0.791. The van der Waals surface area contributed by atoms with Gasteiger partial charge in [-0.1, -0.05) is 0 Å². The van der Waals surface area contributed by atoms with E-state index in [9.17, 15) is 9.18 Å². The smallest absolute Gasteiger partial charge is 0.253 e. The molecule has 0 saturated heterocycles. The summed E-state index contributed by atoms with van der Waals surface area (Å²) in [5, 5.41) is 0. The third-order valence-electron chi connectivity index (χ3n) is 2.44. The zero-order valence-corrected chi connectivity index (χ0v) is 10.1. The Morgan fingerprint density at radius 3 is 2.82 bits per heavy atom. The Morgan fingerprint density at radius 1 is 1.53 bits per heavy atom. The number of amides is 1. The van der Waals surface area contributed by atoms with Crippen LogP contribution in [0.25, 0.3) is 0 Å². The topological polar surface area (TPSA) is 55.6 Å². The predicted molar refractivity (Wildman–Crippen MR) is 64.3 cm³/mol. The van der Waals surface area contributed by atoms with E-state index in [1.807, 2.05) is 0 Å². The van der Waals surface area contributed by atoms with Crippen LogP contribution in [0.1, 0.15) is 16.8 Å². The SMILES string of the molecule is COCCCN(C)C(=O)c1ccc(N)c(F)c1. The van der Waals surface area contributed by atoms with Crippen molar-refractivity contribution in [3.8, 4) is 0 Å². The van der Waals surface area contributed by atoms with E-state index in [1.54, 1.807) is 14.2 Å². The summed E-state index contributed by atoms with van der Waals surface area (Å²) in [5.41, 5.74) is 5.69. The van der Waals surface area contributed by atoms with Gasteiger partial charge in [0, 0.05) is 32.9 Å². The zero-order valence-electron chi connectivity index (χ0n) is 10.1. The Balaban J connectivity index is 2.65. The maximum Gasteiger partial charge on any atom is 0.253 e. The molecule has 0 aliphatic heterocycles. The van der Waals surface area contributed by atoms with Crippen molar-refractivity contribution in [1.29, 1.82) is 0 Å². The lowest BCUT2D eigenvalue weighted by Crippen LogP contribution is -2.28. The molecule has 1 aromatic carbocycles. The molecule has 0 aromatic heterocycles. The van der Waals surface area contributed by atoms with Crippen molar-refractivity contribution in [2.75, 3.05) is 33.0 Å².